The summed E-state index contributed by atoms with van der Waals surface area (Å²) in [4.78, 5) is 10.6. The second-order valence-electron chi connectivity index (χ2n) is 1.68. The summed E-state index contributed by atoms with van der Waals surface area (Å²) in [6.45, 7) is 5.06. The van der Waals surface area contributed by atoms with Gasteiger partial charge in [-0.05, 0) is 6.92 Å². The fraction of sp³-hybridized carbons (Fsp3) is 0.333. The van der Waals surface area contributed by atoms with Gasteiger partial charge in [-0.15, -0.1) is 11.8 Å². The molecule has 0 aromatic heterocycles. The van der Waals surface area contributed by atoms with Crippen molar-refractivity contribution in [3.8, 4) is 6.07 Å². The van der Waals surface area contributed by atoms with Gasteiger partial charge in [0.25, 0.3) is 5.91 Å². The lowest BCUT2D eigenvalue weighted by atomic mass is 10.5. The van der Waals surface area contributed by atoms with Crippen molar-refractivity contribution in [3.63, 3.8) is 0 Å². The second-order valence-corrected chi connectivity index (χ2v) is 3.11. The fourth-order valence-electron chi connectivity index (χ4n) is 0.298. The average molecular weight is 156 g/mol. The summed E-state index contributed by atoms with van der Waals surface area (Å²) in [6.07, 6.45) is 0. The van der Waals surface area contributed by atoms with Crippen LogP contribution in [0.25, 0.3) is 0 Å². The largest absolute Gasteiger partial charge is 0.365 e. The molecule has 0 saturated heterocycles. The van der Waals surface area contributed by atoms with Gasteiger partial charge in [0.2, 0.25) is 0 Å². The van der Waals surface area contributed by atoms with Crippen molar-refractivity contribution < 1.29 is 4.79 Å². The summed E-state index contributed by atoms with van der Waals surface area (Å²) in [5, 5.41) is 8.04. The number of nitrogens with zero attached hydrogens (tertiary/aromatic N) is 1. The molecule has 10 heavy (non-hydrogen) atoms. The topological polar surface area (TPSA) is 66.9 Å². The average Bonchev–Trinajstić information content (AvgIpc) is 1.87. The van der Waals surface area contributed by atoms with E-state index in [1.807, 2.05) is 6.07 Å². The maximum atomic E-state index is 10.3. The van der Waals surface area contributed by atoms with E-state index >= 15 is 0 Å². The van der Waals surface area contributed by atoms with E-state index in [-0.39, 0.29) is 10.2 Å². The summed E-state index contributed by atoms with van der Waals surface area (Å²) in [7, 11) is 0. The molecule has 3 nitrogen and oxygen atoms in total. The van der Waals surface area contributed by atoms with E-state index in [1.165, 1.54) is 0 Å². The highest BCUT2D eigenvalue weighted by atomic mass is 32.2. The Labute approximate surface area is 63.9 Å². The third-order valence-electron chi connectivity index (χ3n) is 0.776. The Kier molecular flexibility index (Phi) is 3.59. The van der Waals surface area contributed by atoms with Crippen LogP contribution < -0.4 is 5.73 Å². The first-order chi connectivity index (χ1) is 4.57. The zero-order valence-electron chi connectivity index (χ0n) is 5.63. The zero-order valence-corrected chi connectivity index (χ0v) is 6.44. The SMILES string of the molecule is C=C(SC(C)C#N)C(N)=O. The molecule has 0 spiro atoms. The first-order valence-corrected chi connectivity index (χ1v) is 3.51. The lowest BCUT2D eigenvalue weighted by Crippen LogP contribution is -2.12. The molecule has 0 aromatic carbocycles. The maximum absolute atomic E-state index is 10.3. The fourth-order valence-corrected chi connectivity index (χ4v) is 0.893. The maximum Gasteiger partial charge on any atom is 0.254 e. The molecule has 0 aliphatic carbocycles. The number of carbonyl (C=O) groups excluding carboxylic acids is 1. The monoisotopic (exact) mass is 156 g/mol. The minimum absolute atomic E-state index is 0.231. The summed E-state index contributed by atoms with van der Waals surface area (Å²) < 4.78 is 0. The quantitative estimate of drug-likeness (QED) is 0.609. The van der Waals surface area contributed by atoms with Crippen molar-refractivity contribution >= 4 is 17.7 Å². The van der Waals surface area contributed by atoms with E-state index < -0.39 is 5.91 Å². The lowest BCUT2D eigenvalue weighted by molar-refractivity contribution is -0.113. The van der Waals surface area contributed by atoms with Gasteiger partial charge >= 0.3 is 0 Å². The van der Waals surface area contributed by atoms with Crippen LogP contribution in [0.2, 0.25) is 0 Å². The van der Waals surface area contributed by atoms with Crippen LogP contribution >= 0.6 is 11.8 Å². The molecule has 0 rings (SSSR count). The molecule has 0 aromatic rings. The standard InChI is InChI=1S/C6H8N2OS/c1-4(3-7)10-5(2)6(8)9/h4H,2H2,1H3,(H2,8,9). The molecule has 1 amide bonds. The molecule has 0 fully saturated rings. The zero-order chi connectivity index (χ0) is 8.15. The number of hydrogen-bond donors (Lipinski definition) is 1. The minimum atomic E-state index is -0.563. The molecule has 2 N–H and O–H groups in total. The molecule has 0 radical (unpaired) electrons. The van der Waals surface area contributed by atoms with Crippen LogP contribution in [0.15, 0.2) is 11.5 Å². The summed E-state index contributed by atoms with van der Waals surface area (Å²) in [5.41, 5.74) is 4.87. The molecular formula is C6H8N2OS. The van der Waals surface area contributed by atoms with Crippen LogP contribution in [0, 0.1) is 11.3 Å². The molecule has 4 heteroatoms. The first-order valence-electron chi connectivity index (χ1n) is 2.63. The molecule has 0 aliphatic rings. The highest BCUT2D eigenvalue weighted by molar-refractivity contribution is 8.04. The van der Waals surface area contributed by atoms with Crippen molar-refractivity contribution in [1.82, 2.24) is 0 Å². The summed E-state index contributed by atoms with van der Waals surface area (Å²) in [6, 6.07) is 1.95. The van der Waals surface area contributed by atoms with Gasteiger partial charge in [0.05, 0.1) is 16.2 Å². The normalized spacial score (nSPS) is 11.6. The van der Waals surface area contributed by atoms with Crippen LogP contribution in [-0.4, -0.2) is 11.2 Å². The molecule has 0 saturated carbocycles. The van der Waals surface area contributed by atoms with Crippen molar-refractivity contribution in [3.05, 3.63) is 11.5 Å². The third-order valence-corrected chi connectivity index (χ3v) is 1.72. The highest BCUT2D eigenvalue weighted by Crippen LogP contribution is 2.17. The Morgan fingerprint density at radius 2 is 2.40 bits per heavy atom. The highest BCUT2D eigenvalue weighted by Gasteiger charge is 2.06. The number of primary amides is 1. The van der Waals surface area contributed by atoms with E-state index in [1.54, 1.807) is 6.92 Å². The van der Waals surface area contributed by atoms with E-state index in [4.69, 9.17) is 11.0 Å². The van der Waals surface area contributed by atoms with Crippen molar-refractivity contribution in [2.45, 2.75) is 12.2 Å². The van der Waals surface area contributed by atoms with Gasteiger partial charge in [-0.25, -0.2) is 0 Å². The number of rotatable bonds is 3. The third kappa shape index (κ3) is 3.15. The molecule has 0 heterocycles. The number of carbonyl (C=O) groups is 1. The van der Waals surface area contributed by atoms with Crippen molar-refractivity contribution in [2.75, 3.05) is 0 Å². The Balaban J connectivity index is 3.83. The molecule has 0 bridgehead atoms. The smallest absolute Gasteiger partial charge is 0.254 e. The molecule has 1 atom stereocenters. The van der Waals surface area contributed by atoms with E-state index in [2.05, 4.69) is 6.58 Å². The van der Waals surface area contributed by atoms with Crippen molar-refractivity contribution in [1.29, 1.82) is 5.26 Å². The van der Waals surface area contributed by atoms with Crippen LogP contribution in [0.1, 0.15) is 6.92 Å². The van der Waals surface area contributed by atoms with Gasteiger partial charge in [0.1, 0.15) is 0 Å². The first kappa shape index (κ1) is 9.05. The Hall–Kier alpha value is -0.950. The number of nitriles is 1. The Bertz CT molecular complexity index is 194. The van der Waals surface area contributed by atoms with Crippen LogP contribution in [0.5, 0.6) is 0 Å². The number of hydrogen-bond acceptors (Lipinski definition) is 3. The van der Waals surface area contributed by atoms with E-state index in [9.17, 15) is 4.79 Å². The van der Waals surface area contributed by atoms with E-state index in [0.717, 1.165) is 11.8 Å². The predicted octanol–water partition coefficient (Wildman–Crippen LogP) is 0.631. The number of nitrogens with two attached hydrogens (primary N) is 1. The van der Waals surface area contributed by atoms with E-state index in [0.29, 0.717) is 0 Å². The van der Waals surface area contributed by atoms with Crippen LogP contribution in [-0.2, 0) is 4.79 Å². The minimum Gasteiger partial charge on any atom is -0.365 e. The van der Waals surface area contributed by atoms with Crippen LogP contribution in [0.4, 0.5) is 0 Å². The number of amides is 1. The molecule has 1 unspecified atom stereocenters. The molecule has 54 valence electrons. The Morgan fingerprint density at radius 3 is 2.70 bits per heavy atom. The van der Waals surface area contributed by atoms with Gasteiger partial charge in [0, 0.05) is 0 Å². The number of thioether (sulfide) groups is 1. The summed E-state index contributed by atoms with van der Waals surface area (Å²) in [5.74, 6) is -0.563. The lowest BCUT2D eigenvalue weighted by Gasteiger charge is -2.00. The van der Waals surface area contributed by atoms with Gasteiger partial charge in [0.15, 0.2) is 0 Å². The van der Waals surface area contributed by atoms with Gasteiger partial charge in [-0.1, -0.05) is 6.58 Å². The van der Waals surface area contributed by atoms with Crippen LogP contribution in [0.3, 0.4) is 0 Å². The molecule has 0 aliphatic heterocycles. The second kappa shape index (κ2) is 3.96. The molecular weight excluding hydrogens is 148 g/mol. The summed E-state index contributed by atoms with van der Waals surface area (Å²) >= 11 is 1.08. The van der Waals surface area contributed by atoms with Gasteiger partial charge < -0.3 is 5.73 Å². The van der Waals surface area contributed by atoms with Gasteiger partial charge in [-0.3, -0.25) is 4.79 Å². The van der Waals surface area contributed by atoms with Gasteiger partial charge in [-0.2, -0.15) is 5.26 Å². The predicted molar refractivity (Wildman–Crippen MR) is 41.0 cm³/mol. The Morgan fingerprint density at radius 1 is 1.90 bits per heavy atom. The van der Waals surface area contributed by atoms with Crippen molar-refractivity contribution in [2.24, 2.45) is 5.73 Å².